The molecule has 0 heterocycles. The van der Waals surface area contributed by atoms with Gasteiger partial charge in [0.2, 0.25) is 0 Å². The van der Waals surface area contributed by atoms with Gasteiger partial charge in [-0.1, -0.05) is 0 Å². The molecule has 0 bridgehead atoms. The molecule has 4 nitrogen and oxygen atoms in total. The standard InChI is InChI=1S/C8H16O2.CH2O2/c9-5-7-1-2-8(6-10)4-3-7;2-1-3/h7-10H,1-6H2;1H,(H,2,3). The van der Waals surface area contributed by atoms with Crippen LogP contribution in [-0.4, -0.2) is 35.0 Å². The fourth-order valence-corrected chi connectivity index (χ4v) is 1.60. The Labute approximate surface area is 78.2 Å². The Morgan fingerprint density at radius 2 is 1.23 bits per heavy atom. The van der Waals surface area contributed by atoms with E-state index in [1.54, 1.807) is 0 Å². The van der Waals surface area contributed by atoms with Gasteiger partial charge in [0.25, 0.3) is 6.47 Å². The summed E-state index contributed by atoms with van der Waals surface area (Å²) in [6.45, 7) is 0.413. The summed E-state index contributed by atoms with van der Waals surface area (Å²) in [5, 5.41) is 24.5. The van der Waals surface area contributed by atoms with Crippen LogP contribution < -0.4 is 0 Å². The lowest BCUT2D eigenvalue weighted by molar-refractivity contribution is -0.122. The van der Waals surface area contributed by atoms with E-state index in [1.807, 2.05) is 0 Å². The van der Waals surface area contributed by atoms with Crippen LogP contribution in [0, 0.1) is 11.8 Å². The third kappa shape index (κ3) is 5.60. The van der Waals surface area contributed by atoms with Crippen LogP contribution in [0.25, 0.3) is 0 Å². The van der Waals surface area contributed by atoms with Crippen molar-refractivity contribution >= 4 is 6.47 Å². The maximum atomic E-state index is 8.79. The first-order valence-electron chi connectivity index (χ1n) is 4.58. The molecule has 3 N–H and O–H groups in total. The molecule has 0 amide bonds. The predicted octanol–water partition coefficient (Wildman–Crippen LogP) is 0.478. The highest BCUT2D eigenvalue weighted by molar-refractivity contribution is 5.32. The number of hydrogen-bond acceptors (Lipinski definition) is 3. The minimum Gasteiger partial charge on any atom is -0.483 e. The van der Waals surface area contributed by atoms with Gasteiger partial charge in [0.15, 0.2) is 0 Å². The maximum absolute atomic E-state index is 8.79. The largest absolute Gasteiger partial charge is 0.483 e. The molecule has 1 aliphatic rings. The fraction of sp³-hybridized carbons (Fsp3) is 0.889. The SMILES string of the molecule is O=CO.OCC1CCC(CO)CC1. The Bertz CT molecular complexity index is 107. The molecule has 1 rings (SSSR count). The average molecular weight is 190 g/mol. The second kappa shape index (κ2) is 8.01. The van der Waals surface area contributed by atoms with Crippen molar-refractivity contribution in [3.05, 3.63) is 0 Å². The Morgan fingerprint density at radius 1 is 1.00 bits per heavy atom. The van der Waals surface area contributed by atoms with E-state index in [2.05, 4.69) is 0 Å². The van der Waals surface area contributed by atoms with Crippen molar-refractivity contribution in [1.82, 2.24) is 0 Å². The molecule has 4 heteroatoms. The minimum absolute atomic E-state index is 0.250. The molecule has 0 atom stereocenters. The first kappa shape index (κ1) is 12.4. The molecule has 1 aliphatic carbocycles. The Hall–Kier alpha value is -0.610. The van der Waals surface area contributed by atoms with Crippen molar-refractivity contribution in [2.75, 3.05) is 13.2 Å². The minimum atomic E-state index is -0.250. The number of rotatable bonds is 2. The zero-order valence-electron chi connectivity index (χ0n) is 7.72. The van der Waals surface area contributed by atoms with E-state index in [0.717, 1.165) is 25.7 Å². The van der Waals surface area contributed by atoms with Crippen molar-refractivity contribution in [3.8, 4) is 0 Å². The Kier molecular flexibility index (Phi) is 7.63. The average Bonchev–Trinajstić information content (AvgIpc) is 2.19. The second-order valence-electron chi connectivity index (χ2n) is 3.36. The van der Waals surface area contributed by atoms with Crippen LogP contribution in [0.5, 0.6) is 0 Å². The topological polar surface area (TPSA) is 77.8 Å². The van der Waals surface area contributed by atoms with Crippen LogP contribution in [-0.2, 0) is 4.79 Å². The van der Waals surface area contributed by atoms with Crippen LogP contribution in [0.3, 0.4) is 0 Å². The summed E-state index contributed by atoms with van der Waals surface area (Å²) < 4.78 is 0. The molecule has 0 aromatic rings. The van der Waals surface area contributed by atoms with Gasteiger partial charge in [0.05, 0.1) is 0 Å². The predicted molar refractivity (Wildman–Crippen MR) is 48.3 cm³/mol. The summed E-state index contributed by atoms with van der Waals surface area (Å²) in [5.74, 6) is 1.03. The van der Waals surface area contributed by atoms with E-state index in [4.69, 9.17) is 20.1 Å². The van der Waals surface area contributed by atoms with Crippen molar-refractivity contribution < 1.29 is 20.1 Å². The zero-order valence-corrected chi connectivity index (χ0v) is 7.72. The molecule has 0 spiro atoms. The molecule has 0 aliphatic heterocycles. The fourth-order valence-electron chi connectivity index (χ4n) is 1.60. The summed E-state index contributed by atoms with van der Waals surface area (Å²) in [7, 11) is 0. The van der Waals surface area contributed by atoms with E-state index < -0.39 is 0 Å². The molecular formula is C9H18O4. The number of carbonyl (C=O) groups is 1. The molecule has 13 heavy (non-hydrogen) atoms. The Morgan fingerprint density at radius 3 is 1.38 bits per heavy atom. The lowest BCUT2D eigenvalue weighted by Gasteiger charge is -2.25. The van der Waals surface area contributed by atoms with Gasteiger partial charge in [0.1, 0.15) is 0 Å². The van der Waals surface area contributed by atoms with Gasteiger partial charge in [-0.3, -0.25) is 4.79 Å². The molecular weight excluding hydrogens is 172 g/mol. The lowest BCUT2D eigenvalue weighted by atomic mass is 9.83. The highest BCUT2D eigenvalue weighted by Gasteiger charge is 2.19. The molecule has 78 valence electrons. The first-order chi connectivity index (χ1) is 6.28. The zero-order chi connectivity index (χ0) is 10.1. The monoisotopic (exact) mass is 190 g/mol. The van der Waals surface area contributed by atoms with Gasteiger partial charge < -0.3 is 15.3 Å². The smallest absolute Gasteiger partial charge is 0.290 e. The van der Waals surface area contributed by atoms with Gasteiger partial charge in [-0.2, -0.15) is 0 Å². The van der Waals surface area contributed by atoms with Crippen molar-refractivity contribution in [3.63, 3.8) is 0 Å². The molecule has 0 saturated heterocycles. The third-order valence-corrected chi connectivity index (χ3v) is 2.48. The van der Waals surface area contributed by atoms with E-state index in [1.165, 1.54) is 0 Å². The first-order valence-corrected chi connectivity index (χ1v) is 4.58. The highest BCUT2D eigenvalue weighted by atomic mass is 16.3. The molecule has 0 aromatic heterocycles. The summed E-state index contributed by atoms with van der Waals surface area (Å²) in [5.41, 5.74) is 0. The highest BCUT2D eigenvalue weighted by Crippen LogP contribution is 2.27. The summed E-state index contributed by atoms with van der Waals surface area (Å²) >= 11 is 0. The number of aliphatic hydroxyl groups is 2. The Balaban J connectivity index is 0.000000424. The number of carboxylic acid groups (broad SMARTS) is 1. The van der Waals surface area contributed by atoms with Gasteiger partial charge >= 0.3 is 0 Å². The van der Waals surface area contributed by atoms with E-state index >= 15 is 0 Å². The second-order valence-corrected chi connectivity index (χ2v) is 3.36. The summed E-state index contributed by atoms with van der Waals surface area (Å²) in [6.07, 6.45) is 4.40. The molecule has 0 unspecified atom stereocenters. The molecule has 1 fully saturated rings. The number of hydrogen-bond donors (Lipinski definition) is 3. The van der Waals surface area contributed by atoms with Crippen LogP contribution >= 0.6 is 0 Å². The summed E-state index contributed by atoms with van der Waals surface area (Å²) in [6, 6.07) is 0. The number of aliphatic hydroxyl groups excluding tert-OH is 2. The molecule has 0 radical (unpaired) electrons. The van der Waals surface area contributed by atoms with Crippen LogP contribution in [0.4, 0.5) is 0 Å². The maximum Gasteiger partial charge on any atom is 0.290 e. The molecule has 1 saturated carbocycles. The van der Waals surface area contributed by atoms with Crippen molar-refractivity contribution in [2.24, 2.45) is 11.8 Å². The molecule has 0 aromatic carbocycles. The van der Waals surface area contributed by atoms with Crippen molar-refractivity contribution in [1.29, 1.82) is 0 Å². The van der Waals surface area contributed by atoms with Gasteiger partial charge in [0, 0.05) is 13.2 Å². The third-order valence-electron chi connectivity index (χ3n) is 2.48. The van der Waals surface area contributed by atoms with E-state index in [9.17, 15) is 0 Å². The lowest BCUT2D eigenvalue weighted by Crippen LogP contribution is -2.19. The quantitative estimate of drug-likeness (QED) is 0.553. The van der Waals surface area contributed by atoms with Gasteiger partial charge in [-0.25, -0.2) is 0 Å². The summed E-state index contributed by atoms with van der Waals surface area (Å²) in [4.78, 5) is 8.36. The van der Waals surface area contributed by atoms with E-state index in [-0.39, 0.29) is 6.47 Å². The van der Waals surface area contributed by atoms with Gasteiger partial charge in [-0.15, -0.1) is 0 Å². The van der Waals surface area contributed by atoms with Crippen LogP contribution in [0.15, 0.2) is 0 Å². The van der Waals surface area contributed by atoms with Crippen molar-refractivity contribution in [2.45, 2.75) is 25.7 Å². The van der Waals surface area contributed by atoms with Crippen LogP contribution in [0.2, 0.25) is 0 Å². The van der Waals surface area contributed by atoms with E-state index in [0.29, 0.717) is 25.0 Å². The normalized spacial score (nSPS) is 27.2. The van der Waals surface area contributed by atoms with Gasteiger partial charge in [-0.05, 0) is 37.5 Å². The van der Waals surface area contributed by atoms with Crippen LogP contribution in [0.1, 0.15) is 25.7 Å².